The summed E-state index contributed by atoms with van der Waals surface area (Å²) in [4.78, 5) is 11.4. The van der Waals surface area contributed by atoms with Gasteiger partial charge in [-0.15, -0.1) is 0 Å². The molecule has 2 aromatic rings. The molecular weight excluding hydrogens is 267 g/mol. The van der Waals surface area contributed by atoms with Gasteiger partial charge < -0.3 is 4.74 Å². The van der Waals surface area contributed by atoms with Crippen LogP contribution in [0.4, 0.5) is 4.39 Å². The van der Waals surface area contributed by atoms with Crippen molar-refractivity contribution in [2.75, 3.05) is 6.61 Å². The Hall–Kier alpha value is -2.86. The highest BCUT2D eigenvalue weighted by atomic mass is 19.1. The van der Waals surface area contributed by atoms with Crippen LogP contribution in [-0.4, -0.2) is 12.6 Å². The zero-order chi connectivity index (χ0) is 14.9. The van der Waals surface area contributed by atoms with Gasteiger partial charge in [-0.3, -0.25) is 0 Å². The summed E-state index contributed by atoms with van der Waals surface area (Å²) in [7, 11) is 0. The minimum absolute atomic E-state index is 0.0293. The first-order chi connectivity index (χ1) is 10.2. The molecule has 0 heterocycles. The number of carbonyl (C=O) groups excluding carboxylic acids is 1. The van der Waals surface area contributed by atoms with Gasteiger partial charge in [0.15, 0.2) is 6.61 Å². The number of hydrogen-bond acceptors (Lipinski definition) is 2. The molecule has 2 aromatic carbocycles. The van der Waals surface area contributed by atoms with E-state index in [0.29, 0.717) is 0 Å². The fourth-order valence-electron chi connectivity index (χ4n) is 1.55. The molecule has 0 unspecified atom stereocenters. The van der Waals surface area contributed by atoms with Crippen LogP contribution in [0.1, 0.15) is 11.1 Å². The van der Waals surface area contributed by atoms with Crippen molar-refractivity contribution < 1.29 is 13.9 Å². The Labute approximate surface area is 122 Å². The highest BCUT2D eigenvalue weighted by Gasteiger charge is 1.95. The number of ether oxygens (including phenoxy) is 1. The lowest BCUT2D eigenvalue weighted by Gasteiger charge is -1.95. The van der Waals surface area contributed by atoms with E-state index >= 15 is 0 Å². The maximum atomic E-state index is 12.7. The predicted molar refractivity (Wildman–Crippen MR) is 79.7 cm³/mol. The average Bonchev–Trinajstić information content (AvgIpc) is 2.52. The smallest absolute Gasteiger partial charge is 0.331 e. The molecule has 21 heavy (non-hydrogen) atoms. The molecule has 2 nitrogen and oxygen atoms in total. The summed E-state index contributed by atoms with van der Waals surface area (Å²) in [6.45, 7) is 0.0293. The van der Waals surface area contributed by atoms with Crippen LogP contribution in [0.15, 0.2) is 60.7 Å². The van der Waals surface area contributed by atoms with Gasteiger partial charge >= 0.3 is 5.97 Å². The third-order valence-corrected chi connectivity index (χ3v) is 2.57. The van der Waals surface area contributed by atoms with Gasteiger partial charge in [0.05, 0.1) is 0 Å². The van der Waals surface area contributed by atoms with E-state index in [4.69, 9.17) is 4.74 Å². The van der Waals surface area contributed by atoms with Crippen molar-refractivity contribution >= 4 is 12.0 Å². The Morgan fingerprint density at radius 3 is 2.52 bits per heavy atom. The molecule has 0 atom stereocenters. The van der Waals surface area contributed by atoms with E-state index in [0.717, 1.165) is 11.1 Å². The summed E-state index contributed by atoms with van der Waals surface area (Å²) in [6, 6.07) is 15.3. The third kappa shape index (κ3) is 5.33. The Bertz CT molecular complexity index is 677. The molecule has 0 aliphatic rings. The number of hydrogen-bond donors (Lipinski definition) is 0. The minimum atomic E-state index is -0.485. The minimum Gasteiger partial charge on any atom is -0.449 e. The van der Waals surface area contributed by atoms with E-state index in [-0.39, 0.29) is 12.4 Å². The summed E-state index contributed by atoms with van der Waals surface area (Å²) < 4.78 is 17.6. The Balaban J connectivity index is 1.80. The monoisotopic (exact) mass is 280 g/mol. The Morgan fingerprint density at radius 2 is 1.81 bits per heavy atom. The van der Waals surface area contributed by atoms with E-state index in [1.54, 1.807) is 18.2 Å². The van der Waals surface area contributed by atoms with Crippen molar-refractivity contribution in [2.24, 2.45) is 0 Å². The summed E-state index contributed by atoms with van der Waals surface area (Å²) in [5.74, 6) is 4.85. The number of carbonyl (C=O) groups is 1. The molecule has 0 amide bonds. The van der Waals surface area contributed by atoms with Gasteiger partial charge in [-0.05, 0) is 35.9 Å². The van der Waals surface area contributed by atoms with E-state index in [2.05, 4.69) is 11.8 Å². The molecule has 0 radical (unpaired) electrons. The first kappa shape index (κ1) is 14.5. The van der Waals surface area contributed by atoms with Gasteiger partial charge in [-0.2, -0.15) is 0 Å². The summed E-state index contributed by atoms with van der Waals surface area (Å²) in [5.41, 5.74) is 1.60. The predicted octanol–water partition coefficient (Wildman–Crippen LogP) is 3.43. The molecule has 0 saturated heterocycles. The van der Waals surface area contributed by atoms with Crippen molar-refractivity contribution in [1.29, 1.82) is 0 Å². The standard InChI is InChI=1S/C18H13FO2/c19-17-11-8-16(9-12-17)10-13-18(20)21-14-4-7-15-5-2-1-3-6-15/h1-3,5-6,8-13H,14H2. The van der Waals surface area contributed by atoms with Crippen molar-refractivity contribution in [1.82, 2.24) is 0 Å². The average molecular weight is 280 g/mol. The fourth-order valence-corrected chi connectivity index (χ4v) is 1.55. The van der Waals surface area contributed by atoms with Crippen LogP contribution < -0.4 is 0 Å². The normalized spacial score (nSPS) is 9.95. The SMILES string of the molecule is O=C(C=Cc1ccc(F)cc1)OCC#Cc1ccccc1. The van der Waals surface area contributed by atoms with Crippen molar-refractivity contribution in [3.63, 3.8) is 0 Å². The van der Waals surface area contributed by atoms with Crippen LogP contribution in [-0.2, 0) is 9.53 Å². The molecule has 0 aliphatic heterocycles. The van der Waals surface area contributed by atoms with Crippen LogP contribution in [0.25, 0.3) is 6.08 Å². The highest BCUT2D eigenvalue weighted by molar-refractivity contribution is 5.87. The van der Waals surface area contributed by atoms with Gasteiger partial charge in [-0.25, -0.2) is 9.18 Å². The maximum absolute atomic E-state index is 12.7. The molecule has 0 aliphatic carbocycles. The number of benzene rings is 2. The van der Waals surface area contributed by atoms with Gasteiger partial charge in [0.2, 0.25) is 0 Å². The van der Waals surface area contributed by atoms with Crippen LogP contribution in [0.5, 0.6) is 0 Å². The quantitative estimate of drug-likeness (QED) is 0.489. The van der Waals surface area contributed by atoms with Crippen LogP contribution >= 0.6 is 0 Å². The molecule has 0 N–H and O–H groups in total. The van der Waals surface area contributed by atoms with Gasteiger partial charge in [0, 0.05) is 11.6 Å². The van der Waals surface area contributed by atoms with Crippen LogP contribution in [0.3, 0.4) is 0 Å². The largest absolute Gasteiger partial charge is 0.449 e. The molecule has 3 heteroatoms. The second-order valence-electron chi connectivity index (χ2n) is 4.16. The second-order valence-corrected chi connectivity index (χ2v) is 4.16. The molecule has 0 aromatic heterocycles. The number of halogens is 1. The summed E-state index contributed by atoms with van der Waals surface area (Å²) >= 11 is 0. The van der Waals surface area contributed by atoms with E-state index < -0.39 is 5.97 Å². The molecule has 2 rings (SSSR count). The lowest BCUT2D eigenvalue weighted by molar-refractivity contribution is -0.136. The zero-order valence-electron chi connectivity index (χ0n) is 11.3. The highest BCUT2D eigenvalue weighted by Crippen LogP contribution is 2.04. The van der Waals surface area contributed by atoms with Gasteiger partial charge in [0.25, 0.3) is 0 Å². The second kappa shape index (κ2) is 7.66. The maximum Gasteiger partial charge on any atom is 0.331 e. The molecule has 0 fully saturated rings. The van der Waals surface area contributed by atoms with Crippen LogP contribution in [0, 0.1) is 17.7 Å². The van der Waals surface area contributed by atoms with Crippen molar-refractivity contribution in [3.8, 4) is 11.8 Å². The molecule has 104 valence electrons. The first-order valence-electron chi connectivity index (χ1n) is 6.38. The van der Waals surface area contributed by atoms with E-state index in [1.807, 2.05) is 30.3 Å². The fraction of sp³-hybridized carbons (Fsp3) is 0.0556. The summed E-state index contributed by atoms with van der Waals surface area (Å²) in [6.07, 6.45) is 2.85. The number of esters is 1. The lowest BCUT2D eigenvalue weighted by Crippen LogP contribution is -2.00. The molecule has 0 saturated carbocycles. The first-order valence-corrected chi connectivity index (χ1v) is 6.38. The lowest BCUT2D eigenvalue weighted by atomic mass is 10.2. The van der Waals surface area contributed by atoms with Gasteiger partial charge in [-0.1, -0.05) is 42.2 Å². The Kier molecular flexibility index (Phi) is 5.31. The molecule has 0 spiro atoms. The van der Waals surface area contributed by atoms with E-state index in [9.17, 15) is 9.18 Å². The number of rotatable bonds is 3. The molecular formula is C18H13FO2. The summed E-state index contributed by atoms with van der Waals surface area (Å²) in [5, 5.41) is 0. The van der Waals surface area contributed by atoms with Gasteiger partial charge in [0.1, 0.15) is 5.82 Å². The van der Waals surface area contributed by atoms with Crippen molar-refractivity contribution in [2.45, 2.75) is 0 Å². The van der Waals surface area contributed by atoms with Crippen molar-refractivity contribution in [3.05, 3.63) is 77.6 Å². The molecule has 0 bridgehead atoms. The topological polar surface area (TPSA) is 26.3 Å². The Morgan fingerprint density at radius 1 is 1.10 bits per heavy atom. The zero-order valence-corrected chi connectivity index (χ0v) is 11.3. The van der Waals surface area contributed by atoms with Crippen LogP contribution in [0.2, 0.25) is 0 Å². The van der Waals surface area contributed by atoms with E-state index in [1.165, 1.54) is 18.2 Å². The third-order valence-electron chi connectivity index (χ3n) is 2.57.